The quantitative estimate of drug-likeness (QED) is 0.538. The predicted molar refractivity (Wildman–Crippen MR) is 121 cm³/mol. The van der Waals surface area contributed by atoms with Crippen molar-refractivity contribution in [2.45, 2.75) is 32.2 Å². The van der Waals surface area contributed by atoms with Crippen molar-refractivity contribution in [3.8, 4) is 11.4 Å². The second kappa shape index (κ2) is 9.02. The number of H-pyrrole nitrogens is 1. The summed E-state index contributed by atoms with van der Waals surface area (Å²) in [5, 5.41) is 6.84. The van der Waals surface area contributed by atoms with Crippen LogP contribution in [0.15, 0.2) is 30.5 Å². The molecule has 8 heteroatoms. The van der Waals surface area contributed by atoms with Crippen LogP contribution in [0.25, 0.3) is 22.6 Å². The topological polar surface area (TPSA) is 85.9 Å². The summed E-state index contributed by atoms with van der Waals surface area (Å²) in [7, 11) is 1.66. The zero-order valence-electron chi connectivity index (χ0n) is 17.3. The standard InChI is InChI=1S/C22H27ClN6O/c1-3-29-11-10-16(13-29)26-19-17(23)12-25-22-20(19)27-21(28-22)15-7-4-14(5-8-15)6-9-18(30)24-2/h4-5,7-8,12,16H,3,6,9-11,13H2,1-2H3,(H,24,30)(H2,25,26,27,28). The normalized spacial score (nSPS) is 16.8. The van der Waals surface area contributed by atoms with E-state index in [2.05, 4.69) is 37.4 Å². The third-order valence-electron chi connectivity index (χ3n) is 5.69. The number of carbonyl (C=O) groups excluding carboxylic acids is 1. The fraction of sp³-hybridized carbons (Fsp3) is 0.409. The van der Waals surface area contributed by atoms with Crippen LogP contribution in [0.2, 0.25) is 5.02 Å². The molecule has 1 aromatic carbocycles. The number of anilines is 1. The first-order valence-corrected chi connectivity index (χ1v) is 10.8. The van der Waals surface area contributed by atoms with E-state index in [0.29, 0.717) is 29.6 Å². The molecule has 1 atom stereocenters. The van der Waals surface area contributed by atoms with E-state index in [1.54, 1.807) is 13.2 Å². The Hall–Kier alpha value is -2.64. The highest BCUT2D eigenvalue weighted by molar-refractivity contribution is 6.34. The molecule has 1 aliphatic rings. The number of rotatable bonds is 7. The van der Waals surface area contributed by atoms with Crippen molar-refractivity contribution < 1.29 is 4.79 Å². The molecule has 3 aromatic rings. The summed E-state index contributed by atoms with van der Waals surface area (Å²) in [6, 6.07) is 8.45. The molecule has 1 fully saturated rings. The average molecular weight is 427 g/mol. The van der Waals surface area contributed by atoms with Gasteiger partial charge in [0.05, 0.1) is 16.9 Å². The van der Waals surface area contributed by atoms with Gasteiger partial charge in [-0.2, -0.15) is 0 Å². The minimum atomic E-state index is 0.0451. The maximum Gasteiger partial charge on any atom is 0.220 e. The summed E-state index contributed by atoms with van der Waals surface area (Å²) in [4.78, 5) is 26.3. The van der Waals surface area contributed by atoms with Gasteiger partial charge in [-0.1, -0.05) is 42.8 Å². The molecule has 7 nitrogen and oxygen atoms in total. The van der Waals surface area contributed by atoms with E-state index in [1.165, 1.54) is 0 Å². The predicted octanol–water partition coefficient (Wildman–Crippen LogP) is 3.46. The number of likely N-dealkylation sites (N-methyl/N-ethyl adjacent to an activating group) is 1. The molecule has 30 heavy (non-hydrogen) atoms. The zero-order chi connectivity index (χ0) is 21.1. The summed E-state index contributed by atoms with van der Waals surface area (Å²) >= 11 is 6.48. The number of hydrogen-bond donors (Lipinski definition) is 3. The van der Waals surface area contributed by atoms with Crippen LogP contribution in [0.4, 0.5) is 5.69 Å². The molecule has 0 bridgehead atoms. The number of imidazole rings is 1. The highest BCUT2D eigenvalue weighted by Crippen LogP contribution is 2.32. The van der Waals surface area contributed by atoms with Gasteiger partial charge in [0.15, 0.2) is 5.65 Å². The number of nitrogens with zero attached hydrogens (tertiary/aromatic N) is 3. The molecule has 0 spiro atoms. The van der Waals surface area contributed by atoms with Crippen LogP contribution >= 0.6 is 11.6 Å². The zero-order valence-corrected chi connectivity index (χ0v) is 18.1. The van der Waals surface area contributed by atoms with Crippen molar-refractivity contribution in [2.75, 3.05) is 32.0 Å². The highest BCUT2D eigenvalue weighted by atomic mass is 35.5. The van der Waals surface area contributed by atoms with E-state index in [0.717, 1.165) is 54.2 Å². The fourth-order valence-electron chi connectivity index (χ4n) is 3.87. The number of aromatic amines is 1. The lowest BCUT2D eigenvalue weighted by Gasteiger charge is -2.16. The highest BCUT2D eigenvalue weighted by Gasteiger charge is 2.23. The van der Waals surface area contributed by atoms with Crippen LogP contribution in [0.1, 0.15) is 25.3 Å². The number of likely N-dealkylation sites (tertiary alicyclic amines) is 1. The molecule has 158 valence electrons. The fourth-order valence-corrected chi connectivity index (χ4v) is 4.06. The number of aromatic nitrogens is 3. The van der Waals surface area contributed by atoms with E-state index in [-0.39, 0.29) is 5.91 Å². The Labute approximate surface area is 181 Å². The van der Waals surface area contributed by atoms with Gasteiger partial charge in [0.2, 0.25) is 5.91 Å². The molecule has 2 aromatic heterocycles. The third-order valence-corrected chi connectivity index (χ3v) is 5.98. The first-order valence-electron chi connectivity index (χ1n) is 10.4. The lowest BCUT2D eigenvalue weighted by molar-refractivity contribution is -0.120. The monoisotopic (exact) mass is 426 g/mol. The van der Waals surface area contributed by atoms with Gasteiger partial charge in [-0.05, 0) is 24.9 Å². The second-order valence-corrected chi connectivity index (χ2v) is 8.07. The maximum absolute atomic E-state index is 11.4. The Morgan fingerprint density at radius 1 is 1.33 bits per heavy atom. The van der Waals surface area contributed by atoms with E-state index >= 15 is 0 Å². The smallest absolute Gasteiger partial charge is 0.220 e. The first kappa shape index (κ1) is 20.6. The minimum Gasteiger partial charge on any atom is -0.378 e. The third kappa shape index (κ3) is 4.42. The number of amides is 1. The molecule has 1 unspecified atom stereocenters. The van der Waals surface area contributed by atoms with E-state index in [9.17, 15) is 4.79 Å². The number of carbonyl (C=O) groups is 1. The Kier molecular flexibility index (Phi) is 6.20. The lowest BCUT2D eigenvalue weighted by Crippen LogP contribution is -2.26. The Bertz CT molecular complexity index is 1030. The molecule has 1 aliphatic heterocycles. The Balaban J connectivity index is 1.55. The largest absolute Gasteiger partial charge is 0.378 e. The van der Waals surface area contributed by atoms with Gasteiger partial charge in [0, 0.05) is 38.2 Å². The number of aryl methyl sites for hydroxylation is 1. The van der Waals surface area contributed by atoms with Gasteiger partial charge in [-0.15, -0.1) is 0 Å². The maximum atomic E-state index is 11.4. The van der Waals surface area contributed by atoms with Crippen LogP contribution in [0, 0.1) is 0 Å². The molecule has 3 N–H and O–H groups in total. The molecule has 0 radical (unpaired) electrons. The summed E-state index contributed by atoms with van der Waals surface area (Å²) < 4.78 is 0. The summed E-state index contributed by atoms with van der Waals surface area (Å²) in [6.07, 6.45) is 3.94. The van der Waals surface area contributed by atoms with Gasteiger partial charge in [0.1, 0.15) is 11.3 Å². The van der Waals surface area contributed by atoms with Gasteiger partial charge in [0.25, 0.3) is 0 Å². The van der Waals surface area contributed by atoms with Gasteiger partial charge in [-0.3, -0.25) is 4.79 Å². The molecule has 0 saturated carbocycles. The molecule has 3 heterocycles. The SMILES string of the molecule is CCN1CCC(Nc2c(Cl)cnc3nc(-c4ccc(CCC(=O)NC)cc4)[nH]c23)C1. The van der Waals surface area contributed by atoms with Crippen molar-refractivity contribution in [3.63, 3.8) is 0 Å². The van der Waals surface area contributed by atoms with Crippen LogP contribution in [0.3, 0.4) is 0 Å². The van der Waals surface area contributed by atoms with Crippen LogP contribution < -0.4 is 10.6 Å². The summed E-state index contributed by atoms with van der Waals surface area (Å²) in [6.45, 7) is 5.35. The molecule has 1 amide bonds. The molecule has 1 saturated heterocycles. The van der Waals surface area contributed by atoms with Gasteiger partial charge >= 0.3 is 0 Å². The Morgan fingerprint density at radius 3 is 2.83 bits per heavy atom. The first-order chi connectivity index (χ1) is 14.6. The number of halogens is 1. The van der Waals surface area contributed by atoms with E-state index in [1.807, 2.05) is 24.3 Å². The average Bonchev–Trinajstić information content (AvgIpc) is 3.41. The molecular formula is C22H27ClN6O. The molecular weight excluding hydrogens is 400 g/mol. The molecule has 0 aliphatic carbocycles. The van der Waals surface area contributed by atoms with Crippen molar-refractivity contribution >= 4 is 34.4 Å². The van der Waals surface area contributed by atoms with Crippen molar-refractivity contribution in [1.29, 1.82) is 0 Å². The van der Waals surface area contributed by atoms with Gasteiger partial charge < -0.3 is 20.5 Å². The number of hydrogen-bond acceptors (Lipinski definition) is 5. The van der Waals surface area contributed by atoms with Gasteiger partial charge in [-0.25, -0.2) is 9.97 Å². The number of nitrogens with one attached hydrogen (secondary N) is 3. The van der Waals surface area contributed by atoms with Crippen LogP contribution in [0.5, 0.6) is 0 Å². The van der Waals surface area contributed by atoms with Crippen LogP contribution in [-0.4, -0.2) is 58.5 Å². The number of pyridine rings is 1. The minimum absolute atomic E-state index is 0.0451. The van der Waals surface area contributed by atoms with E-state index < -0.39 is 0 Å². The lowest BCUT2D eigenvalue weighted by atomic mass is 10.1. The Morgan fingerprint density at radius 2 is 2.13 bits per heavy atom. The van der Waals surface area contributed by atoms with Crippen molar-refractivity contribution in [3.05, 3.63) is 41.0 Å². The summed E-state index contributed by atoms with van der Waals surface area (Å²) in [5.41, 5.74) is 4.42. The van der Waals surface area contributed by atoms with E-state index in [4.69, 9.17) is 11.6 Å². The second-order valence-electron chi connectivity index (χ2n) is 7.66. The van der Waals surface area contributed by atoms with Crippen molar-refractivity contribution in [1.82, 2.24) is 25.2 Å². The number of benzene rings is 1. The number of fused-ring (bicyclic) bond motifs is 1. The molecule has 4 rings (SSSR count). The summed E-state index contributed by atoms with van der Waals surface area (Å²) in [5.74, 6) is 0.797. The van der Waals surface area contributed by atoms with Crippen molar-refractivity contribution in [2.24, 2.45) is 0 Å². The van der Waals surface area contributed by atoms with Crippen LogP contribution in [-0.2, 0) is 11.2 Å².